The highest BCUT2D eigenvalue weighted by Crippen LogP contribution is 2.40. The fourth-order valence-electron chi connectivity index (χ4n) is 2.57. The first kappa shape index (κ1) is 21.6. The third-order valence-corrected chi connectivity index (χ3v) is 4.90. The molecule has 0 aliphatic carbocycles. The molecule has 4 nitrogen and oxygen atoms in total. The van der Waals surface area contributed by atoms with Gasteiger partial charge in [0.15, 0.2) is 5.17 Å². The van der Waals surface area contributed by atoms with Crippen molar-refractivity contribution in [2.75, 3.05) is 7.05 Å². The van der Waals surface area contributed by atoms with Crippen molar-refractivity contribution in [2.45, 2.75) is 52.4 Å². The Labute approximate surface area is 160 Å². The number of amides is 1. The summed E-state index contributed by atoms with van der Waals surface area (Å²) in [6.07, 6.45) is 1.86. The first-order valence-corrected chi connectivity index (χ1v) is 8.81. The van der Waals surface area contributed by atoms with Crippen molar-refractivity contribution >= 4 is 41.3 Å². The Hall–Kier alpha value is -1.46. The second-order valence-corrected chi connectivity index (χ2v) is 9.09. The van der Waals surface area contributed by atoms with Crippen molar-refractivity contribution in [2.24, 2.45) is 4.99 Å². The van der Waals surface area contributed by atoms with Gasteiger partial charge in [0.25, 0.3) is 5.91 Å². The van der Waals surface area contributed by atoms with E-state index in [1.807, 2.05) is 18.2 Å². The molecule has 25 heavy (non-hydrogen) atoms. The molecule has 6 heteroatoms. The summed E-state index contributed by atoms with van der Waals surface area (Å²) in [5.74, 6) is 0.208. The second kappa shape index (κ2) is 7.42. The normalized spacial score (nSPS) is 18.4. The van der Waals surface area contributed by atoms with Gasteiger partial charge in [-0.05, 0) is 46.4 Å². The largest absolute Gasteiger partial charge is 0.507 e. The van der Waals surface area contributed by atoms with Crippen LogP contribution in [0.25, 0.3) is 6.08 Å². The Morgan fingerprint density at radius 3 is 1.92 bits per heavy atom. The molecule has 1 aliphatic rings. The molecule has 0 bridgehead atoms. The van der Waals surface area contributed by atoms with Crippen LogP contribution in [0.1, 0.15) is 58.2 Å². The van der Waals surface area contributed by atoms with E-state index in [0.29, 0.717) is 15.8 Å². The molecule has 2 rings (SSSR count). The zero-order valence-corrected chi connectivity index (χ0v) is 17.5. The molecular formula is C19H27ClN2O2S. The third kappa shape index (κ3) is 4.79. The van der Waals surface area contributed by atoms with Gasteiger partial charge in [-0.15, -0.1) is 12.4 Å². The van der Waals surface area contributed by atoms with E-state index in [1.165, 1.54) is 11.8 Å². The summed E-state index contributed by atoms with van der Waals surface area (Å²) < 4.78 is 0. The molecule has 0 atom stereocenters. The maximum Gasteiger partial charge on any atom is 0.264 e. The Morgan fingerprint density at radius 1 is 1.08 bits per heavy atom. The number of phenols is 1. The number of hydrogen-bond acceptors (Lipinski definition) is 4. The fourth-order valence-corrected chi connectivity index (χ4v) is 3.35. The molecule has 138 valence electrons. The molecule has 1 amide bonds. The zero-order valence-electron chi connectivity index (χ0n) is 15.9. The van der Waals surface area contributed by atoms with Gasteiger partial charge in [0.1, 0.15) is 5.75 Å². The highest BCUT2D eigenvalue weighted by atomic mass is 35.5. The van der Waals surface area contributed by atoms with Gasteiger partial charge in [-0.3, -0.25) is 9.79 Å². The number of carbonyl (C=O) groups is 1. The van der Waals surface area contributed by atoms with E-state index in [0.717, 1.165) is 16.7 Å². The van der Waals surface area contributed by atoms with Gasteiger partial charge in [-0.25, -0.2) is 0 Å². The monoisotopic (exact) mass is 382 g/mol. The molecule has 2 N–H and O–H groups in total. The Balaban J connectivity index is 0.00000312. The highest BCUT2D eigenvalue weighted by molar-refractivity contribution is 8.18. The number of rotatable bonds is 1. The number of carbonyl (C=O) groups excluding carboxylic acids is 1. The molecule has 1 aromatic rings. The maximum absolute atomic E-state index is 12.0. The minimum atomic E-state index is -0.195. The van der Waals surface area contributed by atoms with Crippen LogP contribution in [0.5, 0.6) is 5.75 Å². The predicted molar refractivity (Wildman–Crippen MR) is 110 cm³/mol. The average Bonchev–Trinajstić information content (AvgIpc) is 2.78. The van der Waals surface area contributed by atoms with Crippen molar-refractivity contribution in [1.82, 2.24) is 5.32 Å². The van der Waals surface area contributed by atoms with Crippen LogP contribution in [-0.4, -0.2) is 23.2 Å². The van der Waals surface area contributed by atoms with E-state index < -0.39 is 0 Å². The topological polar surface area (TPSA) is 61.7 Å². The summed E-state index contributed by atoms with van der Waals surface area (Å²) in [5.41, 5.74) is 2.29. The van der Waals surface area contributed by atoms with Crippen LogP contribution in [0.3, 0.4) is 0 Å². The van der Waals surface area contributed by atoms with Crippen LogP contribution in [0.4, 0.5) is 0 Å². The van der Waals surface area contributed by atoms with Gasteiger partial charge in [0.2, 0.25) is 0 Å². The first-order valence-electron chi connectivity index (χ1n) is 7.99. The molecular weight excluding hydrogens is 356 g/mol. The number of aromatic hydroxyl groups is 1. The van der Waals surface area contributed by atoms with Crippen LogP contribution in [0, 0.1) is 0 Å². The van der Waals surface area contributed by atoms with E-state index in [9.17, 15) is 9.90 Å². The van der Waals surface area contributed by atoms with Crippen molar-refractivity contribution in [3.8, 4) is 5.75 Å². The molecule has 0 radical (unpaired) electrons. The number of halogens is 1. The van der Waals surface area contributed by atoms with E-state index in [1.54, 1.807) is 7.05 Å². The van der Waals surface area contributed by atoms with Crippen LogP contribution in [0.15, 0.2) is 22.0 Å². The summed E-state index contributed by atoms with van der Waals surface area (Å²) in [4.78, 5) is 16.7. The van der Waals surface area contributed by atoms with Gasteiger partial charge in [-0.1, -0.05) is 41.5 Å². The number of amidine groups is 1. The number of nitrogens with zero attached hydrogens (tertiary/aromatic N) is 1. The highest BCUT2D eigenvalue weighted by Gasteiger charge is 2.27. The number of hydrogen-bond donors (Lipinski definition) is 2. The van der Waals surface area contributed by atoms with Gasteiger partial charge in [0.05, 0.1) is 4.91 Å². The minimum Gasteiger partial charge on any atom is -0.507 e. The predicted octanol–water partition coefficient (Wildman–Crippen LogP) is 4.60. The smallest absolute Gasteiger partial charge is 0.264 e. The van der Waals surface area contributed by atoms with E-state index in [-0.39, 0.29) is 29.1 Å². The van der Waals surface area contributed by atoms with Crippen molar-refractivity contribution in [1.29, 1.82) is 0 Å². The molecule has 1 fully saturated rings. The number of benzene rings is 1. The van der Waals surface area contributed by atoms with Crippen LogP contribution in [-0.2, 0) is 15.6 Å². The number of phenolic OH excluding ortho intramolecular Hbond substituents is 1. The molecule has 0 spiro atoms. The van der Waals surface area contributed by atoms with Crippen LogP contribution < -0.4 is 5.32 Å². The minimum absolute atomic E-state index is 0. The lowest BCUT2D eigenvalue weighted by molar-refractivity contribution is -0.115. The van der Waals surface area contributed by atoms with Gasteiger partial charge in [0, 0.05) is 18.2 Å². The summed E-state index contributed by atoms with van der Waals surface area (Å²) in [6, 6.07) is 3.93. The number of aliphatic imine (C=N–C) groups is 1. The van der Waals surface area contributed by atoms with Crippen molar-refractivity contribution in [3.63, 3.8) is 0 Å². The molecule has 1 aliphatic heterocycles. The van der Waals surface area contributed by atoms with Crippen LogP contribution in [0.2, 0.25) is 0 Å². The second-order valence-electron chi connectivity index (χ2n) is 8.06. The lowest BCUT2D eigenvalue weighted by Crippen LogP contribution is -2.19. The Morgan fingerprint density at radius 2 is 1.56 bits per heavy atom. The summed E-state index contributed by atoms with van der Waals surface area (Å²) in [6.45, 7) is 12.4. The van der Waals surface area contributed by atoms with E-state index in [4.69, 9.17) is 0 Å². The van der Waals surface area contributed by atoms with Crippen molar-refractivity contribution in [3.05, 3.63) is 33.7 Å². The molecule has 1 aromatic carbocycles. The van der Waals surface area contributed by atoms with E-state index in [2.05, 4.69) is 51.9 Å². The molecule has 0 aromatic heterocycles. The summed E-state index contributed by atoms with van der Waals surface area (Å²) in [7, 11) is 1.65. The lowest BCUT2D eigenvalue weighted by atomic mass is 9.78. The fraction of sp³-hybridized carbons (Fsp3) is 0.474. The molecule has 1 saturated heterocycles. The van der Waals surface area contributed by atoms with Crippen LogP contribution >= 0.6 is 24.2 Å². The third-order valence-electron chi connectivity index (χ3n) is 3.90. The van der Waals surface area contributed by atoms with E-state index >= 15 is 0 Å². The van der Waals surface area contributed by atoms with Gasteiger partial charge < -0.3 is 10.4 Å². The molecule has 0 unspecified atom stereocenters. The quantitative estimate of drug-likeness (QED) is 0.698. The zero-order chi connectivity index (χ0) is 18.3. The molecule has 0 saturated carbocycles. The Bertz CT molecular complexity index is 706. The summed E-state index contributed by atoms with van der Waals surface area (Å²) >= 11 is 1.33. The number of thioether (sulfide) groups is 1. The molecule has 1 heterocycles. The van der Waals surface area contributed by atoms with Gasteiger partial charge in [-0.2, -0.15) is 0 Å². The summed E-state index contributed by atoms with van der Waals surface area (Å²) in [5, 5.41) is 14.1. The Kier molecular flexibility index (Phi) is 6.41. The van der Waals surface area contributed by atoms with Gasteiger partial charge >= 0.3 is 0 Å². The number of nitrogens with one attached hydrogen (secondary N) is 1. The standard InChI is InChI=1S/C19H26N2O2S.ClH/c1-18(2,3)12-8-11(9-13(15(12)22)19(4,5)6)10-14-16(23)21-17(20-7)24-14;/h8-10,22H,1-7H3,(H,20,21,23);1H. The SMILES string of the molecule is CN=C1NC(=O)C(=Cc2cc(C(C)(C)C)c(O)c(C(C)(C)C)c2)S1.Cl. The van der Waals surface area contributed by atoms with Crippen molar-refractivity contribution < 1.29 is 9.90 Å². The first-order chi connectivity index (χ1) is 10.9. The average molecular weight is 383 g/mol. The lowest BCUT2D eigenvalue weighted by Gasteiger charge is -2.28. The maximum atomic E-state index is 12.0.